The number of hydrogen-bond donors (Lipinski definition) is 2. The zero-order valence-electron chi connectivity index (χ0n) is 12.2. The summed E-state index contributed by atoms with van der Waals surface area (Å²) in [4.78, 5) is 11.9. The van der Waals surface area contributed by atoms with Gasteiger partial charge in [0, 0.05) is 13.1 Å². The standard InChI is InChI=1S/C15H22N2O3.ClH/c1-19-13-5-3-2-4-11(13)8-9-17-15(18)14-7-6-12(10-16)20-14;/h2-5,12,14H,6-10,16H2,1H3,(H,17,18);1H/t12-,14+;/m1./s1. The normalized spacial score (nSPS) is 20.7. The van der Waals surface area contributed by atoms with Crippen LogP contribution in [0.5, 0.6) is 5.75 Å². The van der Waals surface area contributed by atoms with Crippen LogP contribution in [0.3, 0.4) is 0 Å². The monoisotopic (exact) mass is 314 g/mol. The van der Waals surface area contributed by atoms with Crippen molar-refractivity contribution in [2.45, 2.75) is 31.5 Å². The van der Waals surface area contributed by atoms with Crippen LogP contribution in [-0.2, 0) is 16.0 Å². The summed E-state index contributed by atoms with van der Waals surface area (Å²) in [5, 5.41) is 2.91. The van der Waals surface area contributed by atoms with E-state index >= 15 is 0 Å². The van der Waals surface area contributed by atoms with Gasteiger partial charge >= 0.3 is 0 Å². The summed E-state index contributed by atoms with van der Waals surface area (Å²) in [5.41, 5.74) is 6.62. The maximum absolute atomic E-state index is 11.9. The highest BCUT2D eigenvalue weighted by molar-refractivity contribution is 5.85. The van der Waals surface area contributed by atoms with Crippen molar-refractivity contribution in [1.82, 2.24) is 5.32 Å². The topological polar surface area (TPSA) is 73.6 Å². The minimum absolute atomic E-state index is 0. The van der Waals surface area contributed by atoms with Gasteiger partial charge in [0.1, 0.15) is 11.9 Å². The first-order valence-electron chi connectivity index (χ1n) is 6.99. The first-order valence-corrected chi connectivity index (χ1v) is 6.99. The van der Waals surface area contributed by atoms with E-state index in [0.717, 1.165) is 30.6 Å². The third-order valence-electron chi connectivity index (χ3n) is 3.55. The van der Waals surface area contributed by atoms with Crippen LogP contribution in [0.15, 0.2) is 24.3 Å². The molecule has 0 aromatic heterocycles. The van der Waals surface area contributed by atoms with Gasteiger partial charge in [-0.1, -0.05) is 18.2 Å². The summed E-state index contributed by atoms with van der Waals surface area (Å²) >= 11 is 0. The molecule has 1 saturated heterocycles. The maximum atomic E-state index is 11.9. The Hall–Kier alpha value is -1.30. The van der Waals surface area contributed by atoms with Crippen LogP contribution in [0.2, 0.25) is 0 Å². The fraction of sp³-hybridized carbons (Fsp3) is 0.533. The van der Waals surface area contributed by atoms with Gasteiger partial charge in [0.2, 0.25) is 5.91 Å². The van der Waals surface area contributed by atoms with E-state index in [4.69, 9.17) is 15.2 Å². The molecule has 1 aromatic rings. The maximum Gasteiger partial charge on any atom is 0.249 e. The van der Waals surface area contributed by atoms with Crippen molar-refractivity contribution in [2.24, 2.45) is 5.73 Å². The molecule has 1 heterocycles. The number of benzene rings is 1. The number of carbonyl (C=O) groups excluding carboxylic acids is 1. The number of carbonyl (C=O) groups is 1. The van der Waals surface area contributed by atoms with Crippen molar-refractivity contribution in [1.29, 1.82) is 0 Å². The molecular weight excluding hydrogens is 292 g/mol. The number of para-hydroxylation sites is 1. The molecule has 1 amide bonds. The molecule has 1 aliphatic heterocycles. The molecule has 1 aliphatic rings. The fourth-order valence-corrected chi connectivity index (χ4v) is 2.42. The zero-order valence-corrected chi connectivity index (χ0v) is 13.0. The van der Waals surface area contributed by atoms with E-state index in [1.54, 1.807) is 7.11 Å². The third-order valence-corrected chi connectivity index (χ3v) is 3.55. The number of rotatable bonds is 6. The SMILES string of the molecule is COc1ccccc1CCNC(=O)[C@@H]1CC[C@H](CN)O1.Cl. The Balaban J connectivity index is 0.00000220. The van der Waals surface area contributed by atoms with Crippen molar-refractivity contribution >= 4 is 18.3 Å². The Labute approximate surface area is 131 Å². The molecule has 0 saturated carbocycles. The molecule has 0 bridgehead atoms. The summed E-state index contributed by atoms with van der Waals surface area (Å²) < 4.78 is 10.8. The van der Waals surface area contributed by atoms with Gasteiger partial charge in [-0.3, -0.25) is 4.79 Å². The van der Waals surface area contributed by atoms with Gasteiger partial charge in [-0.05, 0) is 30.9 Å². The minimum atomic E-state index is -0.346. The second kappa shape index (κ2) is 8.87. The molecule has 3 N–H and O–H groups in total. The lowest BCUT2D eigenvalue weighted by atomic mass is 10.1. The molecular formula is C15H23ClN2O3. The molecule has 0 unspecified atom stereocenters. The van der Waals surface area contributed by atoms with E-state index in [1.165, 1.54) is 0 Å². The quantitative estimate of drug-likeness (QED) is 0.829. The van der Waals surface area contributed by atoms with Crippen LogP contribution in [-0.4, -0.2) is 38.3 Å². The van der Waals surface area contributed by atoms with Crippen molar-refractivity contribution in [3.05, 3.63) is 29.8 Å². The van der Waals surface area contributed by atoms with Crippen molar-refractivity contribution < 1.29 is 14.3 Å². The number of amides is 1. The zero-order chi connectivity index (χ0) is 14.4. The Morgan fingerprint density at radius 1 is 1.43 bits per heavy atom. The summed E-state index contributed by atoms with van der Waals surface area (Å²) in [6, 6.07) is 7.82. The predicted octanol–water partition coefficient (Wildman–Crippen LogP) is 1.28. The highest BCUT2D eigenvalue weighted by atomic mass is 35.5. The molecule has 21 heavy (non-hydrogen) atoms. The highest BCUT2D eigenvalue weighted by Crippen LogP contribution is 2.19. The number of ether oxygens (including phenoxy) is 2. The van der Waals surface area contributed by atoms with Gasteiger partial charge in [-0.25, -0.2) is 0 Å². The molecule has 2 rings (SSSR count). The van der Waals surface area contributed by atoms with Gasteiger partial charge in [-0.15, -0.1) is 12.4 Å². The predicted molar refractivity (Wildman–Crippen MR) is 83.9 cm³/mol. The second-order valence-corrected chi connectivity index (χ2v) is 4.91. The summed E-state index contributed by atoms with van der Waals surface area (Å²) in [7, 11) is 1.65. The lowest BCUT2D eigenvalue weighted by molar-refractivity contribution is -0.131. The van der Waals surface area contributed by atoms with E-state index in [1.807, 2.05) is 24.3 Å². The van der Waals surface area contributed by atoms with E-state index in [2.05, 4.69) is 5.32 Å². The highest BCUT2D eigenvalue weighted by Gasteiger charge is 2.29. The van der Waals surface area contributed by atoms with Crippen LogP contribution in [0, 0.1) is 0 Å². The largest absolute Gasteiger partial charge is 0.496 e. The van der Waals surface area contributed by atoms with Crippen LogP contribution < -0.4 is 15.8 Å². The molecule has 5 nitrogen and oxygen atoms in total. The molecule has 0 aliphatic carbocycles. The lowest BCUT2D eigenvalue weighted by Gasteiger charge is -2.13. The number of nitrogens with one attached hydrogen (secondary N) is 1. The number of hydrogen-bond acceptors (Lipinski definition) is 4. The van der Waals surface area contributed by atoms with Crippen molar-refractivity contribution in [3.8, 4) is 5.75 Å². The third kappa shape index (κ3) is 4.88. The number of nitrogens with two attached hydrogens (primary N) is 1. The van der Waals surface area contributed by atoms with Crippen molar-refractivity contribution in [3.63, 3.8) is 0 Å². The lowest BCUT2D eigenvalue weighted by Crippen LogP contribution is -2.36. The molecule has 118 valence electrons. The van der Waals surface area contributed by atoms with E-state index < -0.39 is 0 Å². The Bertz CT molecular complexity index is 456. The van der Waals surface area contributed by atoms with E-state index in [0.29, 0.717) is 13.1 Å². The first-order chi connectivity index (χ1) is 9.74. The van der Waals surface area contributed by atoms with Crippen LogP contribution >= 0.6 is 12.4 Å². The summed E-state index contributed by atoms with van der Waals surface area (Å²) in [5.74, 6) is 0.804. The van der Waals surface area contributed by atoms with Gasteiger partial charge in [0.25, 0.3) is 0 Å². The van der Waals surface area contributed by atoms with Gasteiger partial charge < -0.3 is 20.5 Å². The fourth-order valence-electron chi connectivity index (χ4n) is 2.42. The Kier molecular flexibility index (Phi) is 7.50. The van der Waals surface area contributed by atoms with E-state index in [-0.39, 0.29) is 30.5 Å². The number of halogens is 1. The molecule has 1 aromatic carbocycles. The summed E-state index contributed by atoms with van der Waals surface area (Å²) in [6.45, 7) is 1.05. The molecule has 6 heteroatoms. The van der Waals surface area contributed by atoms with E-state index in [9.17, 15) is 4.79 Å². The smallest absolute Gasteiger partial charge is 0.249 e. The van der Waals surface area contributed by atoms with Gasteiger partial charge in [0.15, 0.2) is 0 Å². The van der Waals surface area contributed by atoms with Crippen LogP contribution in [0.25, 0.3) is 0 Å². The molecule has 0 radical (unpaired) electrons. The molecule has 1 fully saturated rings. The average Bonchev–Trinajstić information content (AvgIpc) is 2.96. The van der Waals surface area contributed by atoms with Crippen molar-refractivity contribution in [2.75, 3.05) is 20.2 Å². The average molecular weight is 315 g/mol. The summed E-state index contributed by atoms with van der Waals surface area (Å²) in [6.07, 6.45) is 2.04. The number of methoxy groups -OCH3 is 1. The van der Waals surface area contributed by atoms with Gasteiger partial charge in [0.05, 0.1) is 13.2 Å². The molecule has 0 spiro atoms. The van der Waals surface area contributed by atoms with Crippen LogP contribution in [0.4, 0.5) is 0 Å². The second-order valence-electron chi connectivity index (χ2n) is 4.91. The Morgan fingerprint density at radius 2 is 2.19 bits per heavy atom. The van der Waals surface area contributed by atoms with Crippen LogP contribution in [0.1, 0.15) is 18.4 Å². The van der Waals surface area contributed by atoms with Gasteiger partial charge in [-0.2, -0.15) is 0 Å². The molecule has 2 atom stereocenters. The first kappa shape index (κ1) is 17.8. The minimum Gasteiger partial charge on any atom is -0.496 e. The Morgan fingerprint density at radius 3 is 2.86 bits per heavy atom.